The number of phenolic OH excluding ortho intramolecular Hbond substituents is 1. The highest BCUT2D eigenvalue weighted by Crippen LogP contribution is 2.40. The fraction of sp³-hybridized carbons (Fsp3) is 0.583. The molecule has 1 aliphatic heterocycles. The largest absolute Gasteiger partial charge is 0.508 e. The molecule has 2 fully saturated rings. The zero-order chi connectivity index (χ0) is 18.9. The number of hydrogen-bond donors (Lipinski definition) is 1. The van der Waals surface area contributed by atoms with Crippen LogP contribution in [0.4, 0.5) is 0 Å². The minimum Gasteiger partial charge on any atom is -0.508 e. The van der Waals surface area contributed by atoms with E-state index in [1.807, 2.05) is 12.1 Å². The van der Waals surface area contributed by atoms with Crippen LogP contribution < -0.4 is 0 Å². The van der Waals surface area contributed by atoms with Crippen LogP contribution in [0.15, 0.2) is 24.3 Å². The van der Waals surface area contributed by atoms with Crippen molar-refractivity contribution in [2.45, 2.75) is 63.7 Å². The van der Waals surface area contributed by atoms with Gasteiger partial charge in [0.15, 0.2) is 0 Å². The summed E-state index contributed by atoms with van der Waals surface area (Å²) in [4.78, 5) is 12.7. The molecule has 0 amide bonds. The second-order valence-electron chi connectivity index (χ2n) is 8.98. The Morgan fingerprint density at radius 3 is 2.39 bits per heavy atom. The van der Waals surface area contributed by atoms with Crippen LogP contribution in [0.2, 0.25) is 0 Å². The van der Waals surface area contributed by atoms with Crippen LogP contribution >= 0.6 is 0 Å². The molecule has 1 aromatic heterocycles. The molecule has 2 aromatic rings. The summed E-state index contributed by atoms with van der Waals surface area (Å²) in [6.45, 7) is 3.49. The average Bonchev–Trinajstić information content (AvgIpc) is 3.57. The molecule has 1 aromatic carbocycles. The Morgan fingerprint density at radius 1 is 0.893 bits per heavy atom. The molecule has 2 saturated carbocycles. The van der Waals surface area contributed by atoms with Crippen LogP contribution in [0.1, 0.15) is 67.9 Å². The first-order chi connectivity index (χ1) is 13.8. The van der Waals surface area contributed by atoms with Crippen LogP contribution in [0, 0.1) is 5.92 Å². The van der Waals surface area contributed by atoms with Crippen LogP contribution in [0.5, 0.6) is 5.75 Å². The minimum absolute atomic E-state index is 0.310. The van der Waals surface area contributed by atoms with Crippen molar-refractivity contribution in [1.82, 2.24) is 14.9 Å². The number of aromatic hydroxyl groups is 1. The Balaban J connectivity index is 1.41. The number of nitrogens with zero attached hydrogens (tertiary/aromatic N) is 3. The maximum atomic E-state index is 9.69. The Hall–Kier alpha value is -1.94. The smallest absolute Gasteiger partial charge is 0.132 e. The second-order valence-corrected chi connectivity index (χ2v) is 8.98. The highest BCUT2D eigenvalue weighted by atomic mass is 16.3. The van der Waals surface area contributed by atoms with Crippen molar-refractivity contribution in [2.75, 3.05) is 19.6 Å². The lowest BCUT2D eigenvalue weighted by atomic mass is 9.89. The zero-order valence-electron chi connectivity index (χ0n) is 16.7. The van der Waals surface area contributed by atoms with Gasteiger partial charge in [0.05, 0.1) is 5.69 Å². The van der Waals surface area contributed by atoms with Gasteiger partial charge in [0, 0.05) is 48.8 Å². The third kappa shape index (κ3) is 3.93. The van der Waals surface area contributed by atoms with Crippen molar-refractivity contribution >= 4 is 0 Å². The maximum Gasteiger partial charge on any atom is 0.132 e. The van der Waals surface area contributed by atoms with Gasteiger partial charge in [-0.05, 0) is 62.3 Å². The SMILES string of the molecule is Oc1ccc(-c2nc(C3CC3)nc3c2CCN(CC2CCCCC2)CC3)cc1. The first-order valence-corrected chi connectivity index (χ1v) is 11.2. The van der Waals surface area contributed by atoms with Crippen LogP contribution in [-0.4, -0.2) is 39.6 Å². The summed E-state index contributed by atoms with van der Waals surface area (Å²) in [5.41, 5.74) is 4.82. The normalized spacial score (nSPS) is 21.3. The van der Waals surface area contributed by atoms with E-state index in [1.54, 1.807) is 12.1 Å². The van der Waals surface area contributed by atoms with Gasteiger partial charge in [-0.1, -0.05) is 19.3 Å². The molecule has 2 heterocycles. The molecule has 4 heteroatoms. The van der Waals surface area contributed by atoms with Crippen molar-refractivity contribution < 1.29 is 5.11 Å². The molecule has 1 N–H and O–H groups in total. The highest BCUT2D eigenvalue weighted by molar-refractivity contribution is 5.65. The fourth-order valence-electron chi connectivity index (χ4n) is 4.96. The molecule has 0 saturated heterocycles. The zero-order valence-corrected chi connectivity index (χ0v) is 16.7. The van der Waals surface area contributed by atoms with Crippen molar-refractivity contribution in [2.24, 2.45) is 5.92 Å². The van der Waals surface area contributed by atoms with Gasteiger partial charge in [-0.25, -0.2) is 9.97 Å². The quantitative estimate of drug-likeness (QED) is 0.838. The van der Waals surface area contributed by atoms with E-state index >= 15 is 0 Å². The van der Waals surface area contributed by atoms with Gasteiger partial charge in [-0.3, -0.25) is 0 Å². The molecule has 4 nitrogen and oxygen atoms in total. The standard InChI is InChI=1S/C24H31N3O/c28-20-10-8-18(9-11-20)23-21-12-14-27(16-17-4-2-1-3-5-17)15-13-22(21)25-24(26-23)19-6-7-19/h8-11,17,19,28H,1-7,12-16H2. The first kappa shape index (κ1) is 18.1. The summed E-state index contributed by atoms with van der Waals surface area (Å²) in [6.07, 6.45) is 11.6. The third-order valence-electron chi connectivity index (χ3n) is 6.78. The molecule has 28 heavy (non-hydrogen) atoms. The average molecular weight is 378 g/mol. The van der Waals surface area contributed by atoms with Crippen LogP contribution in [-0.2, 0) is 12.8 Å². The summed E-state index contributed by atoms with van der Waals surface area (Å²) < 4.78 is 0. The Bertz CT molecular complexity index is 822. The monoisotopic (exact) mass is 377 g/mol. The molecule has 148 valence electrons. The molecule has 0 radical (unpaired) electrons. The lowest BCUT2D eigenvalue weighted by Gasteiger charge is -2.28. The molecule has 0 bridgehead atoms. The van der Waals surface area contributed by atoms with Gasteiger partial charge >= 0.3 is 0 Å². The topological polar surface area (TPSA) is 49.3 Å². The fourth-order valence-corrected chi connectivity index (χ4v) is 4.96. The molecule has 0 spiro atoms. The molecular formula is C24H31N3O. The van der Waals surface area contributed by atoms with E-state index in [2.05, 4.69) is 4.90 Å². The van der Waals surface area contributed by atoms with E-state index in [-0.39, 0.29) is 0 Å². The Labute approximate surface area is 168 Å². The van der Waals surface area contributed by atoms with Crippen molar-refractivity contribution in [3.05, 3.63) is 41.3 Å². The number of hydrogen-bond acceptors (Lipinski definition) is 4. The summed E-state index contributed by atoms with van der Waals surface area (Å²) in [6, 6.07) is 7.54. The van der Waals surface area contributed by atoms with Gasteiger partial charge in [-0.15, -0.1) is 0 Å². The van der Waals surface area contributed by atoms with Crippen LogP contribution in [0.3, 0.4) is 0 Å². The van der Waals surface area contributed by atoms with E-state index in [9.17, 15) is 5.11 Å². The highest BCUT2D eigenvalue weighted by Gasteiger charge is 2.30. The Morgan fingerprint density at radius 2 is 1.64 bits per heavy atom. The summed E-state index contributed by atoms with van der Waals surface area (Å²) in [7, 11) is 0. The number of aromatic nitrogens is 2. The van der Waals surface area contributed by atoms with Gasteiger partial charge in [0.2, 0.25) is 0 Å². The van der Waals surface area contributed by atoms with Gasteiger partial charge in [0.1, 0.15) is 11.6 Å². The summed E-state index contributed by atoms with van der Waals surface area (Å²) in [5.74, 6) is 2.80. The van der Waals surface area contributed by atoms with Gasteiger partial charge in [-0.2, -0.15) is 0 Å². The lowest BCUT2D eigenvalue weighted by molar-refractivity contribution is 0.207. The number of fused-ring (bicyclic) bond motifs is 1. The number of benzene rings is 1. The van der Waals surface area contributed by atoms with E-state index in [4.69, 9.17) is 9.97 Å². The minimum atomic E-state index is 0.310. The molecule has 3 aliphatic rings. The van der Waals surface area contributed by atoms with Crippen molar-refractivity contribution in [3.8, 4) is 17.0 Å². The first-order valence-electron chi connectivity index (χ1n) is 11.2. The van der Waals surface area contributed by atoms with Gasteiger partial charge in [0.25, 0.3) is 0 Å². The number of phenols is 1. The molecular weight excluding hydrogens is 346 g/mol. The molecule has 2 aliphatic carbocycles. The van der Waals surface area contributed by atoms with Gasteiger partial charge < -0.3 is 10.0 Å². The van der Waals surface area contributed by atoms with E-state index in [1.165, 1.54) is 62.7 Å². The van der Waals surface area contributed by atoms with E-state index in [0.29, 0.717) is 11.7 Å². The molecule has 5 rings (SSSR count). The lowest BCUT2D eigenvalue weighted by Crippen LogP contribution is -2.32. The van der Waals surface area contributed by atoms with Crippen LogP contribution in [0.25, 0.3) is 11.3 Å². The Kier molecular flexibility index (Phi) is 5.06. The predicted molar refractivity (Wildman–Crippen MR) is 112 cm³/mol. The van der Waals surface area contributed by atoms with Crippen molar-refractivity contribution in [3.63, 3.8) is 0 Å². The van der Waals surface area contributed by atoms with E-state index in [0.717, 1.165) is 48.9 Å². The summed E-state index contributed by atoms with van der Waals surface area (Å²) in [5, 5.41) is 9.69. The van der Waals surface area contributed by atoms with E-state index < -0.39 is 0 Å². The van der Waals surface area contributed by atoms with Crippen molar-refractivity contribution in [1.29, 1.82) is 0 Å². The third-order valence-corrected chi connectivity index (χ3v) is 6.78. The second kappa shape index (κ2) is 7.82. The summed E-state index contributed by atoms with van der Waals surface area (Å²) >= 11 is 0. The number of rotatable bonds is 4. The molecule has 0 atom stereocenters. The maximum absolute atomic E-state index is 9.69. The predicted octanol–water partition coefficient (Wildman–Crippen LogP) is 4.71. The molecule has 0 unspecified atom stereocenters.